The number of thioether (sulfide) groups is 1. The molecule has 0 radical (unpaired) electrons. The van der Waals surface area contributed by atoms with E-state index in [1.165, 1.54) is 0 Å². The van der Waals surface area contributed by atoms with Crippen LogP contribution in [0.15, 0.2) is 28.0 Å². The molecule has 2 aromatic rings. The molecule has 0 atom stereocenters. The van der Waals surface area contributed by atoms with Gasteiger partial charge in [0.25, 0.3) is 0 Å². The Morgan fingerprint density at radius 1 is 1.41 bits per heavy atom. The molecule has 0 amide bonds. The molecule has 0 saturated carbocycles. The van der Waals surface area contributed by atoms with Gasteiger partial charge in [0.05, 0.1) is 5.69 Å². The maximum absolute atomic E-state index is 4.53. The van der Waals surface area contributed by atoms with E-state index < -0.39 is 0 Å². The summed E-state index contributed by atoms with van der Waals surface area (Å²) in [7, 11) is 0. The lowest BCUT2D eigenvalue weighted by molar-refractivity contribution is 0.964. The number of nitrogens with one attached hydrogen (secondary N) is 1. The zero-order valence-electron chi connectivity index (χ0n) is 9.59. The number of anilines is 1. The first-order valence-electron chi connectivity index (χ1n) is 5.47. The quantitative estimate of drug-likeness (QED) is 0.814. The van der Waals surface area contributed by atoms with Gasteiger partial charge in [-0.1, -0.05) is 36.1 Å². The van der Waals surface area contributed by atoms with Crippen LogP contribution in [0.4, 0.5) is 5.82 Å². The third kappa shape index (κ3) is 3.98. The van der Waals surface area contributed by atoms with Crippen LogP contribution < -0.4 is 5.32 Å². The summed E-state index contributed by atoms with van der Waals surface area (Å²) in [5.41, 5.74) is 2.81. The van der Waals surface area contributed by atoms with Crippen molar-refractivity contribution in [2.45, 2.75) is 23.4 Å². The Morgan fingerprint density at radius 3 is 3.12 bits per heavy atom. The van der Waals surface area contributed by atoms with E-state index in [2.05, 4.69) is 27.4 Å². The summed E-state index contributed by atoms with van der Waals surface area (Å²) in [6.07, 6.45) is 1.10. The molecule has 0 fully saturated rings. The van der Waals surface area contributed by atoms with Crippen LogP contribution in [0, 0.1) is 0 Å². The van der Waals surface area contributed by atoms with Crippen molar-refractivity contribution in [3.05, 3.63) is 29.4 Å². The standard InChI is InChI=1S/C11H14N4S2/c1-2-6-12-10-5-3-4-9(14-10)7-16-11-15-13-8-17-11/h3-5,8H,2,6-7H2,1H3,(H,12,14). The topological polar surface area (TPSA) is 50.7 Å². The molecule has 0 aromatic carbocycles. The molecule has 17 heavy (non-hydrogen) atoms. The van der Waals surface area contributed by atoms with Crippen LogP contribution in [0.1, 0.15) is 19.0 Å². The Balaban J connectivity index is 1.91. The summed E-state index contributed by atoms with van der Waals surface area (Å²) >= 11 is 3.22. The van der Waals surface area contributed by atoms with E-state index >= 15 is 0 Å². The van der Waals surface area contributed by atoms with Crippen molar-refractivity contribution in [1.29, 1.82) is 0 Å². The van der Waals surface area contributed by atoms with E-state index in [9.17, 15) is 0 Å². The summed E-state index contributed by atoms with van der Waals surface area (Å²) in [5.74, 6) is 1.78. The van der Waals surface area contributed by atoms with Gasteiger partial charge in [0.1, 0.15) is 11.3 Å². The molecule has 0 bridgehead atoms. The monoisotopic (exact) mass is 266 g/mol. The van der Waals surface area contributed by atoms with Gasteiger partial charge in [-0.05, 0) is 18.6 Å². The normalized spacial score (nSPS) is 10.4. The van der Waals surface area contributed by atoms with Crippen LogP contribution in [-0.4, -0.2) is 21.7 Å². The largest absolute Gasteiger partial charge is 0.370 e. The zero-order chi connectivity index (χ0) is 11.9. The summed E-state index contributed by atoms with van der Waals surface area (Å²) in [4.78, 5) is 4.53. The van der Waals surface area contributed by atoms with E-state index in [0.717, 1.165) is 34.6 Å². The predicted octanol–water partition coefficient (Wildman–Crippen LogP) is 3.05. The third-order valence-electron chi connectivity index (χ3n) is 2.05. The highest BCUT2D eigenvalue weighted by molar-refractivity contribution is 8.00. The molecular weight excluding hydrogens is 252 g/mol. The van der Waals surface area contributed by atoms with Gasteiger partial charge in [-0.2, -0.15) is 0 Å². The number of hydrogen-bond acceptors (Lipinski definition) is 6. The van der Waals surface area contributed by atoms with Gasteiger partial charge < -0.3 is 5.32 Å². The SMILES string of the molecule is CCCNc1cccc(CSc2nncs2)n1. The van der Waals surface area contributed by atoms with Crippen molar-refractivity contribution in [3.63, 3.8) is 0 Å². The van der Waals surface area contributed by atoms with E-state index in [-0.39, 0.29) is 0 Å². The van der Waals surface area contributed by atoms with E-state index in [1.54, 1.807) is 28.6 Å². The second-order valence-electron chi connectivity index (χ2n) is 3.43. The minimum Gasteiger partial charge on any atom is -0.370 e. The smallest absolute Gasteiger partial charge is 0.174 e. The zero-order valence-corrected chi connectivity index (χ0v) is 11.2. The summed E-state index contributed by atoms with van der Waals surface area (Å²) < 4.78 is 0.985. The third-order valence-corrected chi connectivity index (χ3v) is 3.94. The van der Waals surface area contributed by atoms with Gasteiger partial charge in [-0.3, -0.25) is 0 Å². The average Bonchev–Trinajstić information content (AvgIpc) is 2.87. The Kier molecular flexibility index (Phi) is 4.75. The molecule has 0 aliphatic carbocycles. The van der Waals surface area contributed by atoms with Crippen LogP contribution in [0.25, 0.3) is 0 Å². The molecule has 90 valence electrons. The van der Waals surface area contributed by atoms with Crippen molar-refractivity contribution in [1.82, 2.24) is 15.2 Å². The minimum absolute atomic E-state index is 0.830. The minimum atomic E-state index is 0.830. The highest BCUT2D eigenvalue weighted by Gasteiger charge is 2.01. The fraction of sp³-hybridized carbons (Fsp3) is 0.364. The molecular formula is C11H14N4S2. The van der Waals surface area contributed by atoms with Crippen molar-refractivity contribution in [3.8, 4) is 0 Å². The molecule has 0 unspecified atom stereocenters. The van der Waals surface area contributed by atoms with E-state index in [4.69, 9.17) is 0 Å². The Hall–Kier alpha value is -1.14. The molecule has 0 aliphatic rings. The first-order valence-corrected chi connectivity index (χ1v) is 7.34. The lowest BCUT2D eigenvalue weighted by Gasteiger charge is -2.05. The van der Waals surface area contributed by atoms with Gasteiger partial charge in [-0.25, -0.2) is 4.98 Å². The predicted molar refractivity (Wildman–Crippen MR) is 72.5 cm³/mol. The second kappa shape index (κ2) is 6.56. The highest BCUT2D eigenvalue weighted by Crippen LogP contribution is 2.23. The van der Waals surface area contributed by atoms with Gasteiger partial charge in [0, 0.05) is 12.3 Å². The second-order valence-corrected chi connectivity index (χ2v) is 5.49. The van der Waals surface area contributed by atoms with Crippen LogP contribution in [0.3, 0.4) is 0 Å². The van der Waals surface area contributed by atoms with Gasteiger partial charge in [-0.15, -0.1) is 10.2 Å². The van der Waals surface area contributed by atoms with Gasteiger partial charge >= 0.3 is 0 Å². The lowest BCUT2D eigenvalue weighted by atomic mass is 10.3. The number of pyridine rings is 1. The fourth-order valence-corrected chi connectivity index (χ4v) is 2.67. The summed E-state index contributed by atoms with van der Waals surface area (Å²) in [6.45, 7) is 3.10. The summed E-state index contributed by atoms with van der Waals surface area (Å²) in [5, 5.41) is 11.1. The number of nitrogens with zero attached hydrogens (tertiary/aromatic N) is 3. The summed E-state index contributed by atoms with van der Waals surface area (Å²) in [6, 6.07) is 6.06. The van der Waals surface area contributed by atoms with E-state index in [1.807, 2.05) is 18.2 Å². The molecule has 2 heterocycles. The average molecular weight is 266 g/mol. The van der Waals surface area contributed by atoms with Gasteiger partial charge in [0.2, 0.25) is 0 Å². The Labute approximate surface area is 109 Å². The molecule has 4 nitrogen and oxygen atoms in total. The maximum atomic E-state index is 4.53. The fourth-order valence-electron chi connectivity index (χ4n) is 1.27. The first kappa shape index (κ1) is 12.3. The van der Waals surface area contributed by atoms with Crippen molar-refractivity contribution in [2.24, 2.45) is 0 Å². The molecule has 2 aromatic heterocycles. The molecule has 0 aliphatic heterocycles. The molecule has 0 spiro atoms. The molecule has 0 saturated heterocycles. The van der Waals surface area contributed by atoms with Crippen molar-refractivity contribution in [2.75, 3.05) is 11.9 Å². The number of rotatable bonds is 6. The van der Waals surface area contributed by atoms with Crippen molar-refractivity contribution < 1.29 is 0 Å². The van der Waals surface area contributed by atoms with Crippen molar-refractivity contribution >= 4 is 28.9 Å². The Bertz CT molecular complexity index is 444. The van der Waals surface area contributed by atoms with Gasteiger partial charge in [0.15, 0.2) is 4.34 Å². The van der Waals surface area contributed by atoms with Crippen LogP contribution in [0.2, 0.25) is 0 Å². The molecule has 1 N–H and O–H groups in total. The lowest BCUT2D eigenvalue weighted by Crippen LogP contribution is -2.02. The Morgan fingerprint density at radius 2 is 2.35 bits per heavy atom. The van der Waals surface area contributed by atoms with E-state index in [0.29, 0.717) is 0 Å². The maximum Gasteiger partial charge on any atom is 0.174 e. The highest BCUT2D eigenvalue weighted by atomic mass is 32.2. The molecule has 2 rings (SSSR count). The van der Waals surface area contributed by atoms with Crippen LogP contribution in [0.5, 0.6) is 0 Å². The number of hydrogen-bond donors (Lipinski definition) is 1. The first-order chi connectivity index (χ1) is 8.38. The van der Waals surface area contributed by atoms with Crippen LogP contribution >= 0.6 is 23.1 Å². The molecule has 6 heteroatoms. The van der Waals surface area contributed by atoms with Crippen LogP contribution in [-0.2, 0) is 5.75 Å². The number of aromatic nitrogens is 3.